The molecule has 7 rings (SSSR count). The van der Waals surface area contributed by atoms with E-state index in [0.717, 1.165) is 16.3 Å². The Kier molecular flexibility index (Phi) is 3.55. The maximum absolute atomic E-state index is 14.4. The fourth-order valence-electron chi connectivity index (χ4n) is 6.40. The first kappa shape index (κ1) is 18.4. The Hall–Kier alpha value is -3.20. The van der Waals surface area contributed by atoms with Crippen LogP contribution in [0.1, 0.15) is 48.3 Å². The molecule has 3 heteroatoms. The molecular weight excluding hydrogens is 395 g/mol. The van der Waals surface area contributed by atoms with Gasteiger partial charge in [0.2, 0.25) is 5.52 Å². The second kappa shape index (κ2) is 6.19. The normalized spacial score (nSPS) is 15.5. The molecule has 0 bridgehead atoms. The van der Waals surface area contributed by atoms with Gasteiger partial charge in [-0.1, -0.05) is 18.9 Å². The molecule has 0 aliphatic heterocycles. The molecule has 3 aromatic heterocycles. The maximum Gasteiger partial charge on any atom is 0.224 e. The lowest BCUT2D eigenvalue weighted by Gasteiger charge is -2.17. The molecule has 0 N–H and O–H groups in total. The molecule has 1 aliphatic rings. The molecule has 0 unspecified atom stereocenters. The monoisotopic (exact) mass is 421 g/mol. The summed E-state index contributed by atoms with van der Waals surface area (Å²) in [4.78, 5) is 0. The zero-order chi connectivity index (χ0) is 21.7. The van der Waals surface area contributed by atoms with Crippen LogP contribution in [0.4, 0.5) is 4.39 Å². The highest BCUT2D eigenvalue weighted by Gasteiger charge is 2.26. The number of rotatable bonds is 1. The maximum atomic E-state index is 14.4. The number of aryl methyl sites for hydroxylation is 3. The Bertz CT molecular complexity index is 1720. The van der Waals surface area contributed by atoms with Gasteiger partial charge in [0.1, 0.15) is 12.9 Å². The number of aromatic nitrogens is 2. The number of nitrogens with zero attached hydrogens (tertiary/aromatic N) is 2. The van der Waals surface area contributed by atoms with Gasteiger partial charge in [0, 0.05) is 16.8 Å². The quantitative estimate of drug-likeness (QED) is 0.150. The van der Waals surface area contributed by atoms with Crippen molar-refractivity contribution in [3.8, 4) is 0 Å². The van der Waals surface area contributed by atoms with Crippen LogP contribution < -0.4 is 4.57 Å². The summed E-state index contributed by atoms with van der Waals surface area (Å²) in [5, 5.41) is 6.04. The summed E-state index contributed by atoms with van der Waals surface area (Å²) in [5.74, 6) is 0.465. The number of fused-ring (bicyclic) bond motifs is 5. The molecule has 6 aromatic rings. The van der Waals surface area contributed by atoms with Crippen molar-refractivity contribution in [1.82, 2.24) is 4.40 Å². The van der Waals surface area contributed by atoms with Gasteiger partial charge in [0.15, 0.2) is 6.20 Å². The smallest absolute Gasteiger partial charge is 0.224 e. The predicted molar refractivity (Wildman–Crippen MR) is 130 cm³/mol. The van der Waals surface area contributed by atoms with E-state index in [1.807, 2.05) is 6.07 Å². The van der Waals surface area contributed by atoms with E-state index >= 15 is 0 Å². The molecule has 0 amide bonds. The molecule has 32 heavy (non-hydrogen) atoms. The van der Waals surface area contributed by atoms with Crippen LogP contribution >= 0.6 is 0 Å². The highest BCUT2D eigenvalue weighted by atomic mass is 19.1. The van der Waals surface area contributed by atoms with Gasteiger partial charge in [-0.25, -0.2) is 8.96 Å². The van der Waals surface area contributed by atoms with E-state index < -0.39 is 0 Å². The average Bonchev–Trinajstić information content (AvgIpc) is 3.42. The van der Waals surface area contributed by atoms with E-state index in [2.05, 4.69) is 60.3 Å². The van der Waals surface area contributed by atoms with Crippen molar-refractivity contribution < 1.29 is 8.96 Å². The Morgan fingerprint density at radius 3 is 2.53 bits per heavy atom. The fraction of sp³-hybridized carbons (Fsp3) is 0.276. The fourth-order valence-corrected chi connectivity index (χ4v) is 6.40. The van der Waals surface area contributed by atoms with Crippen LogP contribution in [0, 0.1) is 19.7 Å². The SMILES string of the molecule is Cc1cc2c3cc(F)ccc3n3c4cc(C5CCCC5)cc5cc[n+](C)c(c(c1C)c23)c54. The second-order valence-electron chi connectivity index (χ2n) is 9.85. The Balaban J connectivity index is 1.84. The second-order valence-corrected chi connectivity index (χ2v) is 9.85. The standard InChI is InChI=1S/C29H26FN2/c1-16-12-23-22-15-21(30)8-9-24(22)32-25-14-20(18-6-4-5-7-18)13-19-10-11-31(3)29(27(19)25)26(17(16)2)28(23)32/h8-15,18H,4-7H2,1-3H3/q+1. The van der Waals surface area contributed by atoms with Crippen molar-refractivity contribution in [3.05, 3.63) is 71.2 Å². The van der Waals surface area contributed by atoms with Crippen molar-refractivity contribution in [2.45, 2.75) is 45.4 Å². The third-order valence-electron chi connectivity index (χ3n) is 8.07. The van der Waals surface area contributed by atoms with Crippen molar-refractivity contribution >= 4 is 49.0 Å². The first-order valence-electron chi connectivity index (χ1n) is 11.7. The van der Waals surface area contributed by atoms with E-state index in [1.54, 1.807) is 12.1 Å². The zero-order valence-electron chi connectivity index (χ0n) is 18.8. The van der Waals surface area contributed by atoms with Crippen molar-refractivity contribution in [2.75, 3.05) is 0 Å². The van der Waals surface area contributed by atoms with E-state index in [-0.39, 0.29) is 5.82 Å². The molecule has 0 radical (unpaired) electrons. The van der Waals surface area contributed by atoms with Crippen LogP contribution in [0.3, 0.4) is 0 Å². The minimum absolute atomic E-state index is 0.177. The number of pyridine rings is 2. The minimum atomic E-state index is -0.177. The first-order chi connectivity index (χ1) is 15.5. The summed E-state index contributed by atoms with van der Waals surface area (Å²) in [6, 6.07) is 14.6. The molecular formula is C29H26FN2+. The molecule has 1 saturated carbocycles. The van der Waals surface area contributed by atoms with Gasteiger partial charge in [0.05, 0.1) is 27.3 Å². The van der Waals surface area contributed by atoms with Crippen LogP contribution in [0.5, 0.6) is 0 Å². The lowest BCUT2D eigenvalue weighted by atomic mass is 9.92. The van der Waals surface area contributed by atoms with E-state index in [0.29, 0.717) is 5.92 Å². The minimum Gasteiger partial charge on any atom is -0.307 e. The van der Waals surface area contributed by atoms with Gasteiger partial charge in [-0.05, 0) is 85.0 Å². The van der Waals surface area contributed by atoms with E-state index in [1.165, 1.54) is 75.1 Å². The van der Waals surface area contributed by atoms with Gasteiger partial charge in [-0.2, -0.15) is 0 Å². The topological polar surface area (TPSA) is 8.29 Å². The number of halogens is 1. The van der Waals surface area contributed by atoms with Gasteiger partial charge >= 0.3 is 0 Å². The summed E-state index contributed by atoms with van der Waals surface area (Å²) in [5.41, 5.74) is 8.83. The number of hydrogen-bond acceptors (Lipinski definition) is 0. The van der Waals surface area contributed by atoms with Gasteiger partial charge in [-0.15, -0.1) is 0 Å². The molecule has 158 valence electrons. The van der Waals surface area contributed by atoms with Gasteiger partial charge in [-0.3, -0.25) is 0 Å². The molecule has 1 fully saturated rings. The molecule has 0 saturated heterocycles. The first-order valence-corrected chi connectivity index (χ1v) is 11.7. The Morgan fingerprint density at radius 2 is 1.72 bits per heavy atom. The van der Waals surface area contributed by atoms with E-state index in [9.17, 15) is 4.39 Å². The molecule has 0 spiro atoms. The molecule has 3 aromatic carbocycles. The molecule has 1 aliphatic carbocycles. The largest absolute Gasteiger partial charge is 0.307 e. The third-order valence-corrected chi connectivity index (χ3v) is 8.07. The van der Waals surface area contributed by atoms with Crippen LogP contribution in [0.15, 0.2) is 48.7 Å². The van der Waals surface area contributed by atoms with Crippen molar-refractivity contribution in [3.63, 3.8) is 0 Å². The Labute approximate surface area is 186 Å². The van der Waals surface area contributed by atoms with Crippen LogP contribution in [-0.2, 0) is 7.05 Å². The van der Waals surface area contributed by atoms with Crippen LogP contribution in [0.25, 0.3) is 49.0 Å². The summed E-state index contributed by atoms with van der Waals surface area (Å²) >= 11 is 0. The summed E-state index contributed by atoms with van der Waals surface area (Å²) in [6.45, 7) is 4.40. The molecule has 0 atom stereocenters. The Morgan fingerprint density at radius 1 is 0.906 bits per heavy atom. The summed E-state index contributed by atoms with van der Waals surface area (Å²) in [6.07, 6.45) is 7.40. The van der Waals surface area contributed by atoms with Crippen LogP contribution in [-0.4, -0.2) is 4.40 Å². The lowest BCUT2D eigenvalue weighted by molar-refractivity contribution is -0.643. The van der Waals surface area contributed by atoms with Crippen molar-refractivity contribution in [2.24, 2.45) is 7.05 Å². The average molecular weight is 422 g/mol. The van der Waals surface area contributed by atoms with E-state index in [4.69, 9.17) is 0 Å². The third kappa shape index (κ3) is 2.21. The number of benzene rings is 3. The highest BCUT2D eigenvalue weighted by molar-refractivity contribution is 6.26. The molecule has 2 nitrogen and oxygen atoms in total. The van der Waals surface area contributed by atoms with Gasteiger partial charge in [0.25, 0.3) is 0 Å². The van der Waals surface area contributed by atoms with Gasteiger partial charge < -0.3 is 4.40 Å². The van der Waals surface area contributed by atoms with Crippen LogP contribution in [0.2, 0.25) is 0 Å². The molecule has 3 heterocycles. The number of hydrogen-bond donors (Lipinski definition) is 0. The lowest BCUT2D eigenvalue weighted by Crippen LogP contribution is -2.29. The summed E-state index contributed by atoms with van der Waals surface area (Å²) < 4.78 is 19.1. The predicted octanol–water partition coefficient (Wildman–Crippen LogP) is 7.23. The van der Waals surface area contributed by atoms with Crippen molar-refractivity contribution in [1.29, 1.82) is 0 Å². The highest BCUT2D eigenvalue weighted by Crippen LogP contribution is 2.44. The summed E-state index contributed by atoms with van der Waals surface area (Å²) in [7, 11) is 2.15. The zero-order valence-corrected chi connectivity index (χ0v) is 18.8.